The third-order valence-electron chi connectivity index (χ3n) is 5.73. The van der Waals surface area contributed by atoms with Crippen molar-refractivity contribution in [2.75, 3.05) is 13.1 Å². The van der Waals surface area contributed by atoms with Crippen molar-refractivity contribution in [3.63, 3.8) is 0 Å². The van der Waals surface area contributed by atoms with Gasteiger partial charge in [-0.15, -0.1) is 0 Å². The highest BCUT2D eigenvalue weighted by atomic mass is 15.3. The van der Waals surface area contributed by atoms with Crippen LogP contribution in [0.5, 0.6) is 0 Å². The molecule has 3 rings (SSSR count). The van der Waals surface area contributed by atoms with Gasteiger partial charge in [-0.1, -0.05) is 26.2 Å². The maximum Gasteiger partial charge on any atom is 0.0309 e. The molecule has 0 aromatic rings. The van der Waals surface area contributed by atoms with Gasteiger partial charge in [0, 0.05) is 30.7 Å². The predicted octanol–water partition coefficient (Wildman–Crippen LogP) is 3.17. The van der Waals surface area contributed by atoms with E-state index in [0.717, 1.165) is 18.0 Å². The van der Waals surface area contributed by atoms with Gasteiger partial charge in [0.15, 0.2) is 0 Å². The summed E-state index contributed by atoms with van der Waals surface area (Å²) in [5.41, 5.74) is 0.479. The van der Waals surface area contributed by atoms with E-state index in [1.54, 1.807) is 0 Å². The Morgan fingerprint density at radius 1 is 1.22 bits per heavy atom. The van der Waals surface area contributed by atoms with Crippen LogP contribution >= 0.6 is 0 Å². The van der Waals surface area contributed by atoms with E-state index < -0.39 is 0 Å². The van der Waals surface area contributed by atoms with E-state index in [1.807, 2.05) is 0 Å². The largest absolute Gasteiger partial charge is 0.308 e. The summed E-state index contributed by atoms with van der Waals surface area (Å²) in [7, 11) is 0. The zero-order valence-electron chi connectivity index (χ0n) is 12.3. The molecule has 18 heavy (non-hydrogen) atoms. The second kappa shape index (κ2) is 5.13. The molecule has 2 aliphatic carbocycles. The van der Waals surface area contributed by atoms with E-state index in [1.165, 1.54) is 64.5 Å². The SMILES string of the molecule is CCC(C)N1CC2(CCCCC2)NCC1C1CC1. The molecule has 1 heterocycles. The lowest BCUT2D eigenvalue weighted by Gasteiger charge is -2.52. The fourth-order valence-corrected chi connectivity index (χ4v) is 4.16. The summed E-state index contributed by atoms with van der Waals surface area (Å²) >= 11 is 0. The summed E-state index contributed by atoms with van der Waals surface area (Å²) in [6.07, 6.45) is 11.4. The molecule has 0 amide bonds. The molecular weight excluding hydrogens is 220 g/mol. The normalized spacial score (nSPS) is 34.7. The van der Waals surface area contributed by atoms with Crippen molar-refractivity contribution in [1.29, 1.82) is 0 Å². The molecule has 1 spiro atoms. The fraction of sp³-hybridized carbons (Fsp3) is 1.00. The molecule has 1 N–H and O–H groups in total. The minimum absolute atomic E-state index is 0.479. The fourth-order valence-electron chi connectivity index (χ4n) is 4.16. The first-order chi connectivity index (χ1) is 8.74. The van der Waals surface area contributed by atoms with Crippen LogP contribution in [0.15, 0.2) is 0 Å². The Balaban J connectivity index is 1.71. The number of nitrogens with zero attached hydrogens (tertiary/aromatic N) is 1. The summed E-state index contributed by atoms with van der Waals surface area (Å²) in [6, 6.07) is 1.61. The van der Waals surface area contributed by atoms with Crippen LogP contribution in [0.2, 0.25) is 0 Å². The van der Waals surface area contributed by atoms with Crippen molar-refractivity contribution in [2.45, 2.75) is 82.8 Å². The zero-order valence-corrected chi connectivity index (χ0v) is 12.3. The van der Waals surface area contributed by atoms with Crippen molar-refractivity contribution in [1.82, 2.24) is 10.2 Å². The van der Waals surface area contributed by atoms with Crippen LogP contribution in [-0.2, 0) is 0 Å². The first-order valence-electron chi connectivity index (χ1n) is 8.25. The van der Waals surface area contributed by atoms with Gasteiger partial charge in [0.25, 0.3) is 0 Å². The molecule has 0 aromatic carbocycles. The Kier molecular flexibility index (Phi) is 3.68. The van der Waals surface area contributed by atoms with Gasteiger partial charge in [-0.2, -0.15) is 0 Å². The lowest BCUT2D eigenvalue weighted by Crippen LogP contribution is -2.66. The van der Waals surface area contributed by atoms with Gasteiger partial charge in [0.05, 0.1) is 0 Å². The first kappa shape index (κ1) is 12.9. The molecule has 2 atom stereocenters. The Hall–Kier alpha value is -0.0800. The Labute approximate surface area is 113 Å². The molecule has 3 aliphatic rings. The highest BCUT2D eigenvalue weighted by Crippen LogP contribution is 2.40. The third-order valence-corrected chi connectivity index (χ3v) is 5.73. The minimum atomic E-state index is 0.479. The van der Waals surface area contributed by atoms with Crippen molar-refractivity contribution in [3.05, 3.63) is 0 Å². The maximum atomic E-state index is 3.97. The average Bonchev–Trinajstić information content (AvgIpc) is 3.23. The van der Waals surface area contributed by atoms with Crippen LogP contribution in [0.3, 0.4) is 0 Å². The number of hydrogen-bond donors (Lipinski definition) is 1. The minimum Gasteiger partial charge on any atom is -0.308 e. The van der Waals surface area contributed by atoms with Gasteiger partial charge in [-0.25, -0.2) is 0 Å². The van der Waals surface area contributed by atoms with Gasteiger partial charge >= 0.3 is 0 Å². The molecule has 0 bridgehead atoms. The predicted molar refractivity (Wildman–Crippen MR) is 76.8 cm³/mol. The number of hydrogen-bond acceptors (Lipinski definition) is 2. The van der Waals surface area contributed by atoms with E-state index in [4.69, 9.17) is 0 Å². The van der Waals surface area contributed by atoms with E-state index in [2.05, 4.69) is 24.1 Å². The van der Waals surface area contributed by atoms with E-state index >= 15 is 0 Å². The van der Waals surface area contributed by atoms with Crippen LogP contribution in [0, 0.1) is 5.92 Å². The van der Waals surface area contributed by atoms with E-state index in [-0.39, 0.29) is 0 Å². The standard InChI is InChI=1S/C16H30N2/c1-3-13(2)18-12-16(9-5-4-6-10-16)17-11-15(18)14-7-8-14/h13-15,17H,3-12H2,1-2H3. The summed E-state index contributed by atoms with van der Waals surface area (Å²) in [6.45, 7) is 7.37. The molecule has 1 aliphatic heterocycles. The van der Waals surface area contributed by atoms with Crippen molar-refractivity contribution >= 4 is 0 Å². The van der Waals surface area contributed by atoms with E-state index in [9.17, 15) is 0 Å². The van der Waals surface area contributed by atoms with Crippen molar-refractivity contribution < 1.29 is 0 Å². The third kappa shape index (κ3) is 2.46. The molecule has 1 saturated heterocycles. The molecule has 2 heteroatoms. The smallest absolute Gasteiger partial charge is 0.0309 e. The van der Waals surface area contributed by atoms with Gasteiger partial charge in [-0.05, 0) is 44.9 Å². The molecule has 0 radical (unpaired) electrons. The monoisotopic (exact) mass is 250 g/mol. The Morgan fingerprint density at radius 3 is 2.56 bits per heavy atom. The summed E-state index contributed by atoms with van der Waals surface area (Å²) in [5.74, 6) is 1.01. The number of piperazine rings is 1. The van der Waals surface area contributed by atoms with Crippen molar-refractivity contribution in [2.24, 2.45) is 5.92 Å². The van der Waals surface area contributed by atoms with Crippen LogP contribution in [0.25, 0.3) is 0 Å². The molecule has 2 nitrogen and oxygen atoms in total. The Morgan fingerprint density at radius 2 is 1.94 bits per heavy atom. The van der Waals surface area contributed by atoms with Gasteiger partial charge in [0.1, 0.15) is 0 Å². The highest BCUT2D eigenvalue weighted by Gasteiger charge is 2.45. The van der Waals surface area contributed by atoms with Crippen LogP contribution in [0.4, 0.5) is 0 Å². The number of nitrogens with one attached hydrogen (secondary N) is 1. The highest BCUT2D eigenvalue weighted by molar-refractivity contribution is 5.04. The van der Waals surface area contributed by atoms with Gasteiger partial charge in [0.2, 0.25) is 0 Å². The lowest BCUT2D eigenvalue weighted by molar-refractivity contribution is 0.0192. The summed E-state index contributed by atoms with van der Waals surface area (Å²) in [4.78, 5) is 2.87. The van der Waals surface area contributed by atoms with Gasteiger partial charge < -0.3 is 5.32 Å². The molecule has 3 fully saturated rings. The first-order valence-corrected chi connectivity index (χ1v) is 8.25. The summed E-state index contributed by atoms with van der Waals surface area (Å²) in [5, 5.41) is 3.97. The van der Waals surface area contributed by atoms with Crippen LogP contribution < -0.4 is 5.32 Å². The number of rotatable bonds is 3. The van der Waals surface area contributed by atoms with Crippen LogP contribution in [0.1, 0.15) is 65.2 Å². The molecule has 2 saturated carbocycles. The van der Waals surface area contributed by atoms with Crippen LogP contribution in [-0.4, -0.2) is 35.6 Å². The van der Waals surface area contributed by atoms with E-state index in [0.29, 0.717) is 5.54 Å². The zero-order chi connectivity index (χ0) is 12.6. The quantitative estimate of drug-likeness (QED) is 0.827. The second-order valence-corrected chi connectivity index (χ2v) is 7.06. The molecule has 0 aromatic heterocycles. The second-order valence-electron chi connectivity index (χ2n) is 7.06. The maximum absolute atomic E-state index is 3.97. The molecule has 2 unspecified atom stereocenters. The molecular formula is C16H30N2. The summed E-state index contributed by atoms with van der Waals surface area (Å²) < 4.78 is 0. The average molecular weight is 250 g/mol. The molecule has 104 valence electrons. The lowest BCUT2D eigenvalue weighted by atomic mass is 9.78. The Bertz CT molecular complexity index is 279. The van der Waals surface area contributed by atoms with Gasteiger partial charge in [-0.3, -0.25) is 4.90 Å². The van der Waals surface area contributed by atoms with Crippen molar-refractivity contribution in [3.8, 4) is 0 Å². The topological polar surface area (TPSA) is 15.3 Å².